The van der Waals surface area contributed by atoms with Crippen molar-refractivity contribution in [2.24, 2.45) is 0 Å². The predicted octanol–water partition coefficient (Wildman–Crippen LogP) is 4.66. The predicted molar refractivity (Wildman–Crippen MR) is 113 cm³/mol. The molecule has 146 valence electrons. The maximum absolute atomic E-state index is 12.6. The van der Waals surface area contributed by atoms with Crippen LogP contribution in [0.2, 0.25) is 5.02 Å². The van der Waals surface area contributed by atoms with Gasteiger partial charge in [0.2, 0.25) is 0 Å². The molecule has 3 aromatic rings. The molecule has 0 bridgehead atoms. The Balaban J connectivity index is 1.87. The van der Waals surface area contributed by atoms with E-state index < -0.39 is 16.1 Å². The molecule has 0 aromatic heterocycles. The van der Waals surface area contributed by atoms with Crippen LogP contribution in [0.25, 0.3) is 0 Å². The molecule has 2 amide bonds. The van der Waals surface area contributed by atoms with E-state index >= 15 is 0 Å². The second-order valence-electron chi connectivity index (χ2n) is 5.85. The number of anilines is 3. The highest BCUT2D eigenvalue weighted by Gasteiger charge is 2.17. The van der Waals surface area contributed by atoms with E-state index in [2.05, 4.69) is 15.4 Å². The summed E-state index contributed by atoms with van der Waals surface area (Å²) in [6.45, 7) is 0. The number of amides is 2. The fourth-order valence-electron chi connectivity index (χ4n) is 2.45. The first-order valence-electron chi connectivity index (χ1n) is 8.33. The zero-order valence-corrected chi connectivity index (χ0v) is 16.5. The molecule has 3 aromatic carbocycles. The van der Waals surface area contributed by atoms with Gasteiger partial charge in [-0.05, 0) is 42.5 Å². The van der Waals surface area contributed by atoms with Gasteiger partial charge in [-0.1, -0.05) is 41.9 Å². The highest BCUT2D eigenvalue weighted by atomic mass is 35.5. The van der Waals surface area contributed by atoms with Gasteiger partial charge in [0.1, 0.15) is 0 Å². The summed E-state index contributed by atoms with van der Waals surface area (Å²) in [5.74, 6) is 0. The van der Waals surface area contributed by atoms with Gasteiger partial charge < -0.3 is 10.6 Å². The lowest BCUT2D eigenvalue weighted by Crippen LogP contribution is -2.21. The Morgan fingerprint density at radius 1 is 0.862 bits per heavy atom. The third-order valence-electron chi connectivity index (χ3n) is 3.82. The van der Waals surface area contributed by atoms with E-state index in [1.54, 1.807) is 42.5 Å². The zero-order chi connectivity index (χ0) is 20.9. The minimum Gasteiger partial charge on any atom is -0.306 e. The molecule has 3 N–H and O–H groups in total. The van der Waals surface area contributed by atoms with Crippen molar-refractivity contribution in [2.45, 2.75) is 4.90 Å². The third kappa shape index (κ3) is 5.04. The van der Waals surface area contributed by atoms with Crippen molar-refractivity contribution in [1.29, 1.82) is 5.26 Å². The van der Waals surface area contributed by atoms with E-state index in [1.807, 2.05) is 6.07 Å². The van der Waals surface area contributed by atoms with Crippen LogP contribution >= 0.6 is 11.6 Å². The van der Waals surface area contributed by atoms with Gasteiger partial charge in [0.15, 0.2) is 0 Å². The summed E-state index contributed by atoms with van der Waals surface area (Å²) in [5.41, 5.74) is 0.856. The molecule has 3 rings (SSSR count). The Bertz CT molecular complexity index is 1190. The summed E-state index contributed by atoms with van der Waals surface area (Å²) in [4.78, 5) is 12.4. The van der Waals surface area contributed by atoms with E-state index in [9.17, 15) is 13.2 Å². The summed E-state index contributed by atoms with van der Waals surface area (Å²) >= 11 is 6.03. The quantitative estimate of drug-likeness (QED) is 0.551. The van der Waals surface area contributed by atoms with Crippen LogP contribution in [0.15, 0.2) is 77.7 Å². The maximum atomic E-state index is 12.6. The zero-order valence-electron chi connectivity index (χ0n) is 14.9. The molecule has 0 atom stereocenters. The molecule has 0 aliphatic carbocycles. The number of benzene rings is 3. The van der Waals surface area contributed by atoms with Gasteiger partial charge in [0.25, 0.3) is 10.0 Å². The smallest absolute Gasteiger partial charge is 0.306 e. The fourth-order valence-corrected chi connectivity index (χ4v) is 3.72. The SMILES string of the molecule is N#Cc1ccc(NC(=O)Nc2ccccc2Cl)c(NS(=O)(=O)c2ccccc2)c1. The molecule has 0 aliphatic rings. The number of urea groups is 1. The number of carbonyl (C=O) groups is 1. The second-order valence-corrected chi connectivity index (χ2v) is 7.94. The summed E-state index contributed by atoms with van der Waals surface area (Å²) in [7, 11) is -3.91. The molecule has 7 nitrogen and oxygen atoms in total. The molecule has 0 fully saturated rings. The third-order valence-corrected chi connectivity index (χ3v) is 5.53. The van der Waals surface area contributed by atoms with Crippen molar-refractivity contribution in [3.63, 3.8) is 0 Å². The number of rotatable bonds is 5. The highest BCUT2D eigenvalue weighted by molar-refractivity contribution is 7.92. The molecule has 0 aliphatic heterocycles. The largest absolute Gasteiger partial charge is 0.323 e. The highest BCUT2D eigenvalue weighted by Crippen LogP contribution is 2.27. The van der Waals surface area contributed by atoms with Crippen molar-refractivity contribution in [1.82, 2.24) is 0 Å². The number of nitriles is 1. The van der Waals surface area contributed by atoms with Crippen LogP contribution in [0.3, 0.4) is 0 Å². The summed E-state index contributed by atoms with van der Waals surface area (Å²) in [6.07, 6.45) is 0. The van der Waals surface area contributed by atoms with Crippen molar-refractivity contribution in [2.75, 3.05) is 15.4 Å². The Hall–Kier alpha value is -3.54. The number of carbonyl (C=O) groups excluding carboxylic acids is 1. The Kier molecular flexibility index (Phi) is 6.02. The van der Waals surface area contributed by atoms with Gasteiger partial charge in [0.05, 0.1) is 38.6 Å². The topological polar surface area (TPSA) is 111 Å². The lowest BCUT2D eigenvalue weighted by atomic mass is 10.2. The number of halogens is 1. The Morgan fingerprint density at radius 3 is 2.21 bits per heavy atom. The van der Waals surface area contributed by atoms with Gasteiger partial charge in [-0.15, -0.1) is 0 Å². The molecule has 0 saturated heterocycles. The number of sulfonamides is 1. The summed E-state index contributed by atoms with van der Waals surface area (Å²) in [5, 5.41) is 14.6. The van der Waals surface area contributed by atoms with Gasteiger partial charge in [0, 0.05) is 0 Å². The average Bonchev–Trinajstić information content (AvgIpc) is 2.71. The number of hydrogen-bond donors (Lipinski definition) is 3. The number of nitrogens with one attached hydrogen (secondary N) is 3. The van der Waals surface area contributed by atoms with Crippen LogP contribution in [-0.2, 0) is 10.0 Å². The normalized spacial score (nSPS) is 10.6. The summed E-state index contributed by atoms with van der Waals surface area (Å²) < 4.78 is 27.7. The van der Waals surface area contributed by atoms with Crippen LogP contribution < -0.4 is 15.4 Å². The van der Waals surface area contributed by atoms with Crippen molar-refractivity contribution >= 4 is 44.7 Å². The maximum Gasteiger partial charge on any atom is 0.323 e. The fraction of sp³-hybridized carbons (Fsp3) is 0. The first kappa shape index (κ1) is 20.2. The second kappa shape index (κ2) is 8.65. The minimum atomic E-state index is -3.91. The lowest BCUT2D eigenvalue weighted by Gasteiger charge is -2.15. The molecule has 0 radical (unpaired) electrons. The molecule has 29 heavy (non-hydrogen) atoms. The van der Waals surface area contributed by atoms with E-state index in [1.165, 1.54) is 30.3 Å². The molecular weight excluding hydrogens is 412 g/mol. The minimum absolute atomic E-state index is 0.0498. The Labute approximate surface area is 173 Å². The van der Waals surface area contributed by atoms with Crippen LogP contribution in [0.1, 0.15) is 5.56 Å². The van der Waals surface area contributed by atoms with E-state index in [4.69, 9.17) is 16.9 Å². The molecule has 0 saturated carbocycles. The van der Waals surface area contributed by atoms with Crippen LogP contribution in [0.5, 0.6) is 0 Å². The monoisotopic (exact) mass is 426 g/mol. The average molecular weight is 427 g/mol. The van der Waals surface area contributed by atoms with Gasteiger partial charge in [-0.2, -0.15) is 5.26 Å². The van der Waals surface area contributed by atoms with E-state index in [0.717, 1.165) is 0 Å². The summed E-state index contributed by atoms with van der Waals surface area (Å²) in [6, 6.07) is 20.0. The van der Waals surface area contributed by atoms with Crippen LogP contribution in [0.4, 0.5) is 21.9 Å². The van der Waals surface area contributed by atoms with Crippen LogP contribution in [0, 0.1) is 11.3 Å². The van der Waals surface area contributed by atoms with Crippen molar-refractivity contribution < 1.29 is 13.2 Å². The Morgan fingerprint density at radius 2 is 1.52 bits per heavy atom. The molecular formula is C20H15ClN4O3S. The lowest BCUT2D eigenvalue weighted by molar-refractivity contribution is 0.262. The number of para-hydroxylation sites is 1. The van der Waals surface area contributed by atoms with Gasteiger partial charge >= 0.3 is 6.03 Å². The molecule has 0 unspecified atom stereocenters. The molecule has 0 spiro atoms. The number of nitrogens with zero attached hydrogens (tertiary/aromatic N) is 1. The molecule has 0 heterocycles. The van der Waals surface area contributed by atoms with E-state index in [-0.39, 0.29) is 21.8 Å². The number of hydrogen-bond acceptors (Lipinski definition) is 4. The van der Waals surface area contributed by atoms with E-state index in [0.29, 0.717) is 10.7 Å². The first-order chi connectivity index (χ1) is 13.9. The van der Waals surface area contributed by atoms with Crippen molar-refractivity contribution in [3.05, 3.63) is 83.4 Å². The molecule has 9 heteroatoms. The first-order valence-corrected chi connectivity index (χ1v) is 10.2. The van der Waals surface area contributed by atoms with Gasteiger partial charge in [-0.25, -0.2) is 13.2 Å². The standard InChI is InChI=1S/C20H15ClN4O3S/c21-16-8-4-5-9-17(16)23-20(26)24-18-11-10-14(13-22)12-19(18)25-29(27,28)15-6-2-1-3-7-15/h1-12,25H,(H2,23,24,26). The van der Waals surface area contributed by atoms with Crippen LogP contribution in [-0.4, -0.2) is 14.4 Å². The van der Waals surface area contributed by atoms with Crippen molar-refractivity contribution in [3.8, 4) is 6.07 Å². The van der Waals surface area contributed by atoms with Gasteiger partial charge in [-0.3, -0.25) is 4.72 Å².